The summed E-state index contributed by atoms with van der Waals surface area (Å²) in [6, 6.07) is 7.44. The third-order valence-corrected chi connectivity index (χ3v) is 6.44. The maximum Gasteiger partial charge on any atom is 0.212 e. The Morgan fingerprint density at radius 3 is 2.81 bits per heavy atom. The predicted octanol–water partition coefficient (Wildman–Crippen LogP) is 2.25. The highest BCUT2D eigenvalue weighted by Crippen LogP contribution is 2.24. The van der Waals surface area contributed by atoms with Crippen molar-refractivity contribution in [2.45, 2.75) is 18.4 Å². The number of hydrogen-bond acceptors (Lipinski definition) is 6. The molecule has 1 aromatic heterocycles. The molecule has 0 atom stereocenters. The van der Waals surface area contributed by atoms with Crippen molar-refractivity contribution in [2.75, 3.05) is 17.2 Å². The van der Waals surface area contributed by atoms with Crippen LogP contribution in [0, 0.1) is 6.92 Å². The van der Waals surface area contributed by atoms with Crippen LogP contribution in [0.5, 0.6) is 0 Å². The van der Waals surface area contributed by atoms with E-state index in [1.54, 1.807) is 5.51 Å². The number of nitrogens with zero attached hydrogens (tertiary/aromatic N) is 1. The Labute approximate surface area is 133 Å². The molecule has 0 saturated heterocycles. The van der Waals surface area contributed by atoms with Gasteiger partial charge in [0.15, 0.2) is 0 Å². The van der Waals surface area contributed by atoms with E-state index in [1.165, 1.54) is 23.1 Å². The standard InChI is InChI=1S/C13H17N3O2S3/c1-10-13(20-9-15-10)8-16-21(17,18)7-6-19-12-5-3-2-4-11(12)14/h2-5,9,16H,6-8,14H2,1H3. The molecule has 0 unspecified atom stereocenters. The fourth-order valence-electron chi connectivity index (χ4n) is 1.62. The first-order chi connectivity index (χ1) is 9.98. The summed E-state index contributed by atoms with van der Waals surface area (Å²) in [5.41, 5.74) is 9.08. The second kappa shape index (κ2) is 7.26. The number of aryl methyl sites for hydroxylation is 1. The molecule has 0 spiro atoms. The van der Waals surface area contributed by atoms with Gasteiger partial charge in [-0.05, 0) is 19.1 Å². The number of nitrogens with two attached hydrogens (primary N) is 1. The van der Waals surface area contributed by atoms with Crippen molar-refractivity contribution in [3.8, 4) is 0 Å². The molecule has 0 aliphatic rings. The molecule has 21 heavy (non-hydrogen) atoms. The minimum Gasteiger partial charge on any atom is -0.398 e. The Balaban J connectivity index is 1.82. The Kier molecular flexibility index (Phi) is 5.63. The van der Waals surface area contributed by atoms with Gasteiger partial charge in [-0.15, -0.1) is 23.1 Å². The minimum absolute atomic E-state index is 0.0594. The lowest BCUT2D eigenvalue weighted by Gasteiger charge is -2.07. The molecule has 0 saturated carbocycles. The van der Waals surface area contributed by atoms with Crippen molar-refractivity contribution in [3.05, 3.63) is 40.3 Å². The van der Waals surface area contributed by atoms with E-state index in [4.69, 9.17) is 5.73 Å². The number of para-hydroxylation sites is 1. The quantitative estimate of drug-likeness (QED) is 0.595. The molecule has 0 amide bonds. The zero-order chi connectivity index (χ0) is 15.3. The van der Waals surface area contributed by atoms with E-state index < -0.39 is 10.0 Å². The van der Waals surface area contributed by atoms with Gasteiger partial charge in [0, 0.05) is 27.8 Å². The van der Waals surface area contributed by atoms with Gasteiger partial charge in [-0.2, -0.15) is 0 Å². The van der Waals surface area contributed by atoms with E-state index in [9.17, 15) is 8.42 Å². The van der Waals surface area contributed by atoms with E-state index in [1.807, 2.05) is 31.2 Å². The average molecular weight is 343 g/mol. The van der Waals surface area contributed by atoms with Crippen LogP contribution < -0.4 is 10.5 Å². The molecule has 1 heterocycles. The molecule has 8 heteroatoms. The number of sulfonamides is 1. The normalized spacial score (nSPS) is 11.7. The Morgan fingerprint density at radius 1 is 1.38 bits per heavy atom. The molecular formula is C13H17N3O2S3. The number of thiazole rings is 1. The number of aromatic nitrogens is 1. The first-order valence-corrected chi connectivity index (χ1v) is 9.83. The third-order valence-electron chi connectivity index (χ3n) is 2.83. The summed E-state index contributed by atoms with van der Waals surface area (Å²) >= 11 is 2.90. The number of nitrogens with one attached hydrogen (secondary N) is 1. The van der Waals surface area contributed by atoms with Crippen LogP contribution in [0.3, 0.4) is 0 Å². The molecule has 0 aliphatic heterocycles. The number of anilines is 1. The summed E-state index contributed by atoms with van der Waals surface area (Å²) in [6.07, 6.45) is 0. The molecule has 0 bridgehead atoms. The van der Waals surface area contributed by atoms with E-state index in [-0.39, 0.29) is 5.75 Å². The van der Waals surface area contributed by atoms with Gasteiger partial charge in [0.2, 0.25) is 10.0 Å². The minimum atomic E-state index is -3.29. The molecule has 2 aromatic rings. The first-order valence-electron chi connectivity index (χ1n) is 6.31. The Bertz CT molecular complexity index is 698. The number of thioether (sulfide) groups is 1. The molecule has 0 radical (unpaired) electrons. The maximum absolute atomic E-state index is 11.9. The second-order valence-electron chi connectivity index (χ2n) is 4.39. The number of nitrogen functional groups attached to an aromatic ring is 1. The first kappa shape index (κ1) is 16.3. The fourth-order valence-corrected chi connectivity index (χ4v) is 4.77. The molecular weight excluding hydrogens is 326 g/mol. The SMILES string of the molecule is Cc1ncsc1CNS(=O)(=O)CCSc1ccccc1N. The van der Waals surface area contributed by atoms with Crippen LogP contribution in [0.15, 0.2) is 34.7 Å². The summed E-state index contributed by atoms with van der Waals surface area (Å²) in [4.78, 5) is 5.95. The molecule has 114 valence electrons. The lowest BCUT2D eigenvalue weighted by Crippen LogP contribution is -2.26. The van der Waals surface area contributed by atoms with E-state index in [2.05, 4.69) is 9.71 Å². The van der Waals surface area contributed by atoms with Crippen LogP contribution in [0.2, 0.25) is 0 Å². The summed E-state index contributed by atoms with van der Waals surface area (Å²) < 4.78 is 26.5. The summed E-state index contributed by atoms with van der Waals surface area (Å²) in [6.45, 7) is 2.17. The van der Waals surface area contributed by atoms with Crippen molar-refractivity contribution < 1.29 is 8.42 Å². The van der Waals surface area contributed by atoms with Crippen LogP contribution in [-0.4, -0.2) is 24.9 Å². The molecule has 5 nitrogen and oxygen atoms in total. The van der Waals surface area contributed by atoms with Gasteiger partial charge in [-0.3, -0.25) is 0 Å². The summed E-state index contributed by atoms with van der Waals surface area (Å²) in [5.74, 6) is 0.523. The monoisotopic (exact) mass is 343 g/mol. The smallest absolute Gasteiger partial charge is 0.212 e. The summed E-state index contributed by atoms with van der Waals surface area (Å²) in [7, 11) is -3.29. The highest BCUT2D eigenvalue weighted by molar-refractivity contribution is 8.00. The Morgan fingerprint density at radius 2 is 2.14 bits per heavy atom. The van der Waals surface area contributed by atoms with Crippen molar-refractivity contribution >= 4 is 38.8 Å². The van der Waals surface area contributed by atoms with Crippen LogP contribution in [-0.2, 0) is 16.6 Å². The predicted molar refractivity (Wildman–Crippen MR) is 89.1 cm³/mol. The van der Waals surface area contributed by atoms with E-state index in [0.717, 1.165) is 15.5 Å². The third kappa shape index (κ3) is 4.99. The van der Waals surface area contributed by atoms with E-state index >= 15 is 0 Å². The van der Waals surface area contributed by atoms with Gasteiger partial charge >= 0.3 is 0 Å². The van der Waals surface area contributed by atoms with Gasteiger partial charge in [0.1, 0.15) is 0 Å². The topological polar surface area (TPSA) is 85.1 Å². The average Bonchev–Trinajstić information content (AvgIpc) is 2.84. The summed E-state index contributed by atoms with van der Waals surface area (Å²) in [5, 5.41) is 0. The lowest BCUT2D eigenvalue weighted by molar-refractivity contribution is 0.583. The van der Waals surface area contributed by atoms with Gasteiger partial charge in [-0.25, -0.2) is 18.1 Å². The molecule has 0 aliphatic carbocycles. The zero-order valence-electron chi connectivity index (χ0n) is 11.6. The van der Waals surface area contributed by atoms with Gasteiger partial charge < -0.3 is 5.73 Å². The van der Waals surface area contributed by atoms with Crippen LogP contribution in [0.1, 0.15) is 10.6 Å². The van der Waals surface area contributed by atoms with Crippen molar-refractivity contribution in [3.63, 3.8) is 0 Å². The number of benzene rings is 1. The van der Waals surface area contributed by atoms with Crippen LogP contribution in [0.4, 0.5) is 5.69 Å². The van der Waals surface area contributed by atoms with Gasteiger partial charge in [0.25, 0.3) is 0 Å². The molecule has 3 N–H and O–H groups in total. The number of rotatable bonds is 7. The maximum atomic E-state index is 11.9. The number of hydrogen-bond donors (Lipinski definition) is 2. The van der Waals surface area contributed by atoms with Crippen LogP contribution >= 0.6 is 23.1 Å². The molecule has 0 fully saturated rings. The van der Waals surface area contributed by atoms with Gasteiger partial charge in [-0.1, -0.05) is 12.1 Å². The highest BCUT2D eigenvalue weighted by atomic mass is 32.2. The molecule has 2 rings (SSSR count). The van der Waals surface area contributed by atoms with Crippen molar-refractivity contribution in [2.24, 2.45) is 0 Å². The second-order valence-corrected chi connectivity index (χ2v) is 8.39. The van der Waals surface area contributed by atoms with Crippen molar-refractivity contribution in [1.82, 2.24) is 9.71 Å². The molecule has 1 aromatic carbocycles. The van der Waals surface area contributed by atoms with Crippen LogP contribution in [0.25, 0.3) is 0 Å². The van der Waals surface area contributed by atoms with E-state index in [0.29, 0.717) is 18.0 Å². The zero-order valence-corrected chi connectivity index (χ0v) is 14.0. The highest BCUT2D eigenvalue weighted by Gasteiger charge is 2.12. The Hall–Kier alpha value is -1.09. The van der Waals surface area contributed by atoms with Crippen molar-refractivity contribution in [1.29, 1.82) is 0 Å². The lowest BCUT2D eigenvalue weighted by atomic mass is 10.3. The van der Waals surface area contributed by atoms with Gasteiger partial charge in [0.05, 0.1) is 17.0 Å². The fraction of sp³-hybridized carbons (Fsp3) is 0.308. The largest absolute Gasteiger partial charge is 0.398 e.